The van der Waals surface area contributed by atoms with E-state index in [0.29, 0.717) is 18.4 Å². The SMILES string of the molecule is CCCNc1nc(NCCOC(N)=O)nc(OC(C)C)n1. The molecule has 0 aliphatic rings. The maximum atomic E-state index is 10.5. The van der Waals surface area contributed by atoms with Gasteiger partial charge in [-0.25, -0.2) is 4.79 Å². The van der Waals surface area contributed by atoms with Gasteiger partial charge in [0.25, 0.3) is 0 Å². The number of anilines is 2. The van der Waals surface area contributed by atoms with Crippen LogP contribution in [0.4, 0.5) is 16.7 Å². The highest BCUT2D eigenvalue weighted by Crippen LogP contribution is 2.12. The number of amides is 1. The third kappa shape index (κ3) is 7.14. The van der Waals surface area contributed by atoms with Gasteiger partial charge in [0.15, 0.2) is 0 Å². The zero-order valence-electron chi connectivity index (χ0n) is 12.5. The maximum Gasteiger partial charge on any atom is 0.404 e. The fourth-order valence-corrected chi connectivity index (χ4v) is 1.33. The number of rotatable bonds is 9. The van der Waals surface area contributed by atoms with Crippen LogP contribution in [0.1, 0.15) is 27.2 Å². The number of hydrogen-bond acceptors (Lipinski definition) is 8. The van der Waals surface area contributed by atoms with Crippen LogP contribution in [0.3, 0.4) is 0 Å². The summed E-state index contributed by atoms with van der Waals surface area (Å²) in [5.74, 6) is 0.771. The first-order valence-corrected chi connectivity index (χ1v) is 6.84. The summed E-state index contributed by atoms with van der Waals surface area (Å²) in [6, 6.07) is 0.233. The van der Waals surface area contributed by atoms with Gasteiger partial charge < -0.3 is 25.8 Å². The predicted molar refractivity (Wildman–Crippen MR) is 78.4 cm³/mol. The lowest BCUT2D eigenvalue weighted by atomic mass is 10.5. The molecule has 0 aliphatic carbocycles. The molecule has 0 aromatic carbocycles. The summed E-state index contributed by atoms with van der Waals surface area (Å²) < 4.78 is 10.1. The molecule has 0 aliphatic heterocycles. The Bertz CT molecular complexity index is 455. The van der Waals surface area contributed by atoms with E-state index >= 15 is 0 Å². The normalized spacial score (nSPS) is 10.3. The molecule has 0 saturated carbocycles. The number of carbonyl (C=O) groups is 1. The van der Waals surface area contributed by atoms with Crippen LogP contribution in [0.5, 0.6) is 6.01 Å². The van der Waals surface area contributed by atoms with E-state index in [4.69, 9.17) is 10.5 Å². The number of aromatic nitrogens is 3. The summed E-state index contributed by atoms with van der Waals surface area (Å²) in [7, 11) is 0. The van der Waals surface area contributed by atoms with Gasteiger partial charge in [-0.05, 0) is 20.3 Å². The first-order valence-electron chi connectivity index (χ1n) is 6.84. The summed E-state index contributed by atoms with van der Waals surface area (Å²) in [6.45, 7) is 7.02. The van der Waals surface area contributed by atoms with Crippen LogP contribution < -0.4 is 21.1 Å². The molecule has 1 aromatic heterocycles. The van der Waals surface area contributed by atoms with Gasteiger partial charge in [-0.1, -0.05) is 6.92 Å². The second-order valence-electron chi connectivity index (χ2n) is 4.45. The average molecular weight is 298 g/mol. The van der Waals surface area contributed by atoms with Crippen LogP contribution >= 0.6 is 0 Å². The number of primary amides is 1. The van der Waals surface area contributed by atoms with E-state index in [1.54, 1.807) is 0 Å². The lowest BCUT2D eigenvalue weighted by Gasteiger charge is -2.12. The van der Waals surface area contributed by atoms with Crippen molar-refractivity contribution in [1.29, 1.82) is 0 Å². The zero-order valence-corrected chi connectivity index (χ0v) is 12.5. The van der Waals surface area contributed by atoms with Crippen molar-refractivity contribution in [3.8, 4) is 6.01 Å². The molecule has 9 heteroatoms. The number of ether oxygens (including phenoxy) is 2. The number of nitrogens with one attached hydrogen (secondary N) is 2. The molecular formula is C12H22N6O3. The topological polar surface area (TPSA) is 124 Å². The number of hydrogen-bond donors (Lipinski definition) is 3. The molecule has 0 saturated heterocycles. The van der Waals surface area contributed by atoms with E-state index in [1.807, 2.05) is 20.8 Å². The van der Waals surface area contributed by atoms with Crippen LogP contribution in [-0.2, 0) is 4.74 Å². The third-order valence-electron chi connectivity index (χ3n) is 2.12. The van der Waals surface area contributed by atoms with Gasteiger partial charge >= 0.3 is 12.1 Å². The Morgan fingerprint density at radius 1 is 1.19 bits per heavy atom. The second kappa shape index (κ2) is 8.77. The first-order chi connectivity index (χ1) is 10.0. The standard InChI is InChI=1S/C12H22N6O3/c1-4-5-14-10-16-11(15-6-7-20-9(13)19)18-12(17-10)21-8(2)3/h8H,4-7H2,1-3H3,(H2,13,19)(H2,14,15,16,17,18). The highest BCUT2D eigenvalue weighted by Gasteiger charge is 2.08. The molecule has 1 rings (SSSR count). The minimum atomic E-state index is -0.818. The molecule has 1 heterocycles. The number of nitrogens with zero attached hydrogens (tertiary/aromatic N) is 3. The molecular weight excluding hydrogens is 276 g/mol. The van der Waals surface area contributed by atoms with E-state index in [9.17, 15) is 4.79 Å². The van der Waals surface area contributed by atoms with Crippen LogP contribution in [0.2, 0.25) is 0 Å². The Hall–Kier alpha value is -2.32. The Morgan fingerprint density at radius 2 is 1.81 bits per heavy atom. The molecule has 0 bridgehead atoms. The Kier molecular flexibility index (Phi) is 6.99. The Morgan fingerprint density at radius 3 is 2.33 bits per heavy atom. The highest BCUT2D eigenvalue weighted by molar-refractivity contribution is 5.64. The van der Waals surface area contributed by atoms with E-state index in [0.717, 1.165) is 13.0 Å². The number of carbonyl (C=O) groups excluding carboxylic acids is 1. The summed E-state index contributed by atoms with van der Waals surface area (Å²) in [4.78, 5) is 23.0. The minimum absolute atomic E-state index is 0.0440. The molecule has 0 fully saturated rings. The summed E-state index contributed by atoms with van der Waals surface area (Å²) in [5, 5.41) is 5.98. The highest BCUT2D eigenvalue weighted by atomic mass is 16.5. The van der Waals surface area contributed by atoms with E-state index in [2.05, 4.69) is 30.3 Å². The van der Waals surface area contributed by atoms with Gasteiger partial charge in [0.05, 0.1) is 12.6 Å². The smallest absolute Gasteiger partial charge is 0.404 e. The molecule has 118 valence electrons. The largest absolute Gasteiger partial charge is 0.461 e. The summed E-state index contributed by atoms with van der Waals surface area (Å²) in [5.41, 5.74) is 4.87. The zero-order chi connectivity index (χ0) is 15.7. The molecule has 0 atom stereocenters. The minimum Gasteiger partial charge on any atom is -0.461 e. The van der Waals surface area contributed by atoms with Crippen molar-refractivity contribution >= 4 is 18.0 Å². The van der Waals surface area contributed by atoms with Crippen molar-refractivity contribution in [3.63, 3.8) is 0 Å². The van der Waals surface area contributed by atoms with Crippen LogP contribution in [0, 0.1) is 0 Å². The summed E-state index contributed by atoms with van der Waals surface area (Å²) >= 11 is 0. The molecule has 9 nitrogen and oxygen atoms in total. The molecule has 0 radical (unpaired) electrons. The van der Waals surface area contributed by atoms with Gasteiger partial charge in [0.1, 0.15) is 6.61 Å². The molecule has 4 N–H and O–H groups in total. The van der Waals surface area contributed by atoms with Crippen molar-refractivity contribution in [3.05, 3.63) is 0 Å². The monoisotopic (exact) mass is 298 g/mol. The van der Waals surface area contributed by atoms with Gasteiger partial charge in [-0.2, -0.15) is 15.0 Å². The fourth-order valence-electron chi connectivity index (χ4n) is 1.33. The lowest BCUT2D eigenvalue weighted by Crippen LogP contribution is -2.20. The van der Waals surface area contributed by atoms with Gasteiger partial charge in [0, 0.05) is 6.54 Å². The van der Waals surface area contributed by atoms with Gasteiger partial charge in [-0.15, -0.1) is 0 Å². The molecule has 0 unspecified atom stereocenters. The maximum absolute atomic E-state index is 10.5. The van der Waals surface area contributed by atoms with Crippen molar-refractivity contribution < 1.29 is 14.3 Å². The van der Waals surface area contributed by atoms with Crippen LogP contribution in [0.15, 0.2) is 0 Å². The predicted octanol–water partition coefficient (Wildman–Crippen LogP) is 0.988. The fraction of sp³-hybridized carbons (Fsp3) is 0.667. The Balaban J connectivity index is 2.68. The first kappa shape index (κ1) is 16.7. The van der Waals surface area contributed by atoms with E-state index in [1.165, 1.54) is 0 Å². The lowest BCUT2D eigenvalue weighted by molar-refractivity contribution is 0.161. The van der Waals surface area contributed by atoms with Crippen molar-refractivity contribution in [2.24, 2.45) is 5.73 Å². The van der Waals surface area contributed by atoms with Crippen molar-refractivity contribution in [2.45, 2.75) is 33.3 Å². The third-order valence-corrected chi connectivity index (χ3v) is 2.12. The molecule has 1 amide bonds. The molecule has 21 heavy (non-hydrogen) atoms. The second-order valence-corrected chi connectivity index (χ2v) is 4.45. The van der Waals surface area contributed by atoms with Crippen molar-refractivity contribution in [2.75, 3.05) is 30.3 Å². The number of nitrogens with two attached hydrogens (primary N) is 1. The van der Waals surface area contributed by atoms with Crippen molar-refractivity contribution in [1.82, 2.24) is 15.0 Å². The van der Waals surface area contributed by atoms with Gasteiger partial charge in [-0.3, -0.25) is 0 Å². The average Bonchev–Trinajstić information content (AvgIpc) is 2.40. The van der Waals surface area contributed by atoms with E-state index in [-0.39, 0.29) is 18.7 Å². The quantitative estimate of drug-likeness (QED) is 0.576. The Labute approximate surface area is 123 Å². The van der Waals surface area contributed by atoms with Gasteiger partial charge in [0.2, 0.25) is 11.9 Å². The molecule has 0 spiro atoms. The van der Waals surface area contributed by atoms with Crippen LogP contribution in [-0.4, -0.2) is 46.8 Å². The summed E-state index contributed by atoms with van der Waals surface area (Å²) in [6.07, 6.45) is 0.0837. The van der Waals surface area contributed by atoms with Crippen LogP contribution in [0.25, 0.3) is 0 Å². The molecule has 1 aromatic rings. The van der Waals surface area contributed by atoms with E-state index < -0.39 is 6.09 Å².